The van der Waals surface area contributed by atoms with Gasteiger partial charge in [-0.2, -0.15) is 0 Å². The average Bonchev–Trinajstić information content (AvgIpc) is 2.84. The predicted molar refractivity (Wildman–Crippen MR) is 125 cm³/mol. The summed E-state index contributed by atoms with van der Waals surface area (Å²) in [5.41, 5.74) is 3.30. The monoisotopic (exact) mass is 449 g/mol. The van der Waals surface area contributed by atoms with Crippen molar-refractivity contribution in [2.24, 2.45) is 0 Å². The molecule has 0 spiro atoms. The number of methoxy groups -OCH3 is 1. The number of nitrogens with zero attached hydrogens (tertiary/aromatic N) is 5. The van der Waals surface area contributed by atoms with Crippen LogP contribution in [0.15, 0.2) is 48.9 Å². The van der Waals surface area contributed by atoms with Crippen molar-refractivity contribution in [2.45, 2.75) is 31.7 Å². The van der Waals surface area contributed by atoms with Crippen LogP contribution >= 0.6 is 0 Å². The van der Waals surface area contributed by atoms with Crippen LogP contribution < -0.4 is 9.64 Å². The molecule has 3 aromatic rings. The van der Waals surface area contributed by atoms with Gasteiger partial charge in [0.25, 0.3) is 0 Å². The van der Waals surface area contributed by atoms with Gasteiger partial charge in [-0.25, -0.2) is 14.4 Å². The van der Waals surface area contributed by atoms with E-state index in [0.717, 1.165) is 36.1 Å². The third kappa shape index (κ3) is 4.94. The number of aromatic nitrogens is 3. The summed E-state index contributed by atoms with van der Waals surface area (Å²) >= 11 is 0. The van der Waals surface area contributed by atoms with E-state index < -0.39 is 5.82 Å². The van der Waals surface area contributed by atoms with E-state index in [2.05, 4.69) is 9.97 Å². The molecular formula is C25H28FN5O2. The summed E-state index contributed by atoms with van der Waals surface area (Å²) in [5, 5.41) is 0. The highest BCUT2D eigenvalue weighted by atomic mass is 19.1. The number of carbonyl (C=O) groups excluding carboxylic acids is 1. The Morgan fingerprint density at radius 3 is 2.70 bits per heavy atom. The number of hydrogen-bond donors (Lipinski definition) is 0. The maximum Gasteiger partial charge on any atom is 0.227 e. The van der Waals surface area contributed by atoms with Crippen LogP contribution in [-0.4, -0.2) is 53.5 Å². The predicted octanol–water partition coefficient (Wildman–Crippen LogP) is 4.05. The number of hydrogen-bond acceptors (Lipinski definition) is 6. The van der Waals surface area contributed by atoms with Crippen molar-refractivity contribution in [1.82, 2.24) is 19.9 Å². The van der Waals surface area contributed by atoms with Gasteiger partial charge in [-0.15, -0.1) is 0 Å². The van der Waals surface area contributed by atoms with E-state index >= 15 is 0 Å². The molecule has 0 N–H and O–H groups in total. The van der Waals surface area contributed by atoms with Crippen LogP contribution in [0.4, 0.5) is 10.3 Å². The second-order valence-corrected chi connectivity index (χ2v) is 8.34. The van der Waals surface area contributed by atoms with Gasteiger partial charge in [-0.3, -0.25) is 9.78 Å². The zero-order valence-electron chi connectivity index (χ0n) is 19.2. The minimum absolute atomic E-state index is 0.0463. The molecule has 1 unspecified atom stereocenters. The minimum atomic E-state index is -0.468. The van der Waals surface area contributed by atoms with Gasteiger partial charge in [-0.05, 0) is 54.7 Å². The Kier molecular flexibility index (Phi) is 6.82. The van der Waals surface area contributed by atoms with Crippen LogP contribution in [0, 0.1) is 5.82 Å². The summed E-state index contributed by atoms with van der Waals surface area (Å²) in [6.45, 7) is 0.638. The number of amides is 1. The number of rotatable bonds is 6. The third-order valence-corrected chi connectivity index (χ3v) is 5.91. The fourth-order valence-corrected chi connectivity index (χ4v) is 4.22. The molecule has 8 heteroatoms. The van der Waals surface area contributed by atoms with E-state index in [9.17, 15) is 9.18 Å². The second-order valence-electron chi connectivity index (χ2n) is 8.34. The summed E-state index contributed by atoms with van der Waals surface area (Å²) in [6.07, 6.45) is 8.15. The molecule has 1 fully saturated rings. The second kappa shape index (κ2) is 9.94. The number of benzene rings is 1. The molecule has 0 aliphatic carbocycles. The van der Waals surface area contributed by atoms with E-state index in [4.69, 9.17) is 9.72 Å². The number of halogens is 1. The zero-order chi connectivity index (χ0) is 23.4. The quantitative estimate of drug-likeness (QED) is 0.566. The lowest BCUT2D eigenvalue weighted by Gasteiger charge is -2.36. The first-order chi connectivity index (χ1) is 16.0. The van der Waals surface area contributed by atoms with Gasteiger partial charge in [0, 0.05) is 44.8 Å². The fraction of sp³-hybridized carbons (Fsp3) is 0.360. The molecule has 33 heavy (non-hydrogen) atoms. The van der Waals surface area contributed by atoms with Gasteiger partial charge < -0.3 is 14.5 Å². The van der Waals surface area contributed by atoms with E-state index in [1.807, 2.05) is 42.2 Å². The third-order valence-electron chi connectivity index (χ3n) is 5.91. The molecule has 172 valence electrons. The molecule has 1 aliphatic heterocycles. The van der Waals surface area contributed by atoms with E-state index in [1.165, 1.54) is 13.2 Å². The Morgan fingerprint density at radius 2 is 2.00 bits per heavy atom. The van der Waals surface area contributed by atoms with Crippen LogP contribution in [0.2, 0.25) is 0 Å². The molecule has 1 aliphatic rings. The molecular weight excluding hydrogens is 421 g/mol. The summed E-state index contributed by atoms with van der Waals surface area (Å²) in [5.74, 6) is 0.249. The van der Waals surface area contributed by atoms with E-state index in [1.54, 1.807) is 24.5 Å². The first-order valence-corrected chi connectivity index (χ1v) is 11.0. The van der Waals surface area contributed by atoms with Gasteiger partial charge in [0.15, 0.2) is 11.6 Å². The molecule has 1 atom stereocenters. The molecule has 0 saturated carbocycles. The Bertz CT molecular complexity index is 1120. The standard InChI is InChI=1S/C25H28FN5O2/c1-30(2)25-28-16-19(18-9-11-27-12-10-18)24(29-25)21-6-4-5-13-31(21)23(32)15-17-7-8-22(33-3)20(26)14-17/h7-12,14,16,21H,4-6,13,15H2,1-3H3. The van der Waals surface area contributed by atoms with Crippen LogP contribution in [0.25, 0.3) is 11.1 Å². The first kappa shape index (κ1) is 22.6. The number of pyridine rings is 1. The van der Waals surface area contributed by atoms with Crippen molar-refractivity contribution in [2.75, 3.05) is 32.6 Å². The number of carbonyl (C=O) groups is 1. The van der Waals surface area contributed by atoms with Crippen molar-refractivity contribution >= 4 is 11.9 Å². The van der Waals surface area contributed by atoms with Crippen molar-refractivity contribution < 1.29 is 13.9 Å². The summed E-state index contributed by atoms with van der Waals surface area (Å²) < 4.78 is 19.2. The van der Waals surface area contributed by atoms with Crippen LogP contribution in [0.5, 0.6) is 5.75 Å². The smallest absolute Gasteiger partial charge is 0.227 e. The summed E-state index contributed by atoms with van der Waals surface area (Å²) in [6, 6.07) is 8.32. The van der Waals surface area contributed by atoms with Gasteiger partial charge >= 0.3 is 0 Å². The maximum absolute atomic E-state index is 14.2. The Balaban J connectivity index is 1.68. The highest BCUT2D eigenvalue weighted by Crippen LogP contribution is 2.36. The molecule has 1 saturated heterocycles. The molecule has 1 aromatic carbocycles. The summed E-state index contributed by atoms with van der Waals surface area (Å²) in [4.78, 5) is 30.6. The normalized spacial score (nSPS) is 15.9. The SMILES string of the molecule is COc1ccc(CC(=O)N2CCCCC2c2nc(N(C)C)ncc2-c2ccncc2)cc1F. The number of ether oxygens (including phenoxy) is 1. The van der Waals surface area contributed by atoms with Gasteiger partial charge in [-0.1, -0.05) is 6.07 Å². The van der Waals surface area contributed by atoms with E-state index in [-0.39, 0.29) is 24.1 Å². The Labute approximate surface area is 193 Å². The average molecular weight is 450 g/mol. The van der Waals surface area contributed by atoms with Gasteiger partial charge in [0.1, 0.15) is 0 Å². The highest BCUT2D eigenvalue weighted by Gasteiger charge is 2.31. The van der Waals surface area contributed by atoms with Crippen molar-refractivity contribution in [3.8, 4) is 16.9 Å². The molecule has 0 radical (unpaired) electrons. The first-order valence-electron chi connectivity index (χ1n) is 11.0. The van der Waals surface area contributed by atoms with Crippen LogP contribution in [0.3, 0.4) is 0 Å². The van der Waals surface area contributed by atoms with E-state index in [0.29, 0.717) is 18.1 Å². The molecule has 1 amide bonds. The van der Waals surface area contributed by atoms with Crippen molar-refractivity contribution in [3.05, 3.63) is 66.0 Å². The molecule has 3 heterocycles. The lowest BCUT2D eigenvalue weighted by molar-refractivity contribution is -0.134. The largest absolute Gasteiger partial charge is 0.494 e. The topological polar surface area (TPSA) is 71.5 Å². The Morgan fingerprint density at radius 1 is 1.21 bits per heavy atom. The molecule has 0 bridgehead atoms. The number of likely N-dealkylation sites (tertiary alicyclic amines) is 1. The lowest BCUT2D eigenvalue weighted by atomic mass is 9.93. The Hall–Kier alpha value is -3.55. The number of piperidine rings is 1. The van der Waals surface area contributed by atoms with Crippen molar-refractivity contribution in [3.63, 3.8) is 0 Å². The molecule has 7 nitrogen and oxygen atoms in total. The summed E-state index contributed by atoms with van der Waals surface area (Å²) in [7, 11) is 5.21. The van der Waals surface area contributed by atoms with Crippen molar-refractivity contribution in [1.29, 1.82) is 0 Å². The maximum atomic E-state index is 14.2. The fourth-order valence-electron chi connectivity index (χ4n) is 4.22. The zero-order valence-corrected chi connectivity index (χ0v) is 19.2. The number of anilines is 1. The molecule has 2 aromatic heterocycles. The highest BCUT2D eigenvalue weighted by molar-refractivity contribution is 5.80. The van der Waals surface area contributed by atoms with Crippen LogP contribution in [0.1, 0.15) is 36.6 Å². The molecule has 4 rings (SSSR count). The minimum Gasteiger partial charge on any atom is -0.494 e. The van der Waals surface area contributed by atoms with Gasteiger partial charge in [0.2, 0.25) is 11.9 Å². The van der Waals surface area contributed by atoms with Gasteiger partial charge in [0.05, 0.1) is 25.3 Å². The lowest BCUT2D eigenvalue weighted by Crippen LogP contribution is -2.40. The van der Waals surface area contributed by atoms with Crippen LogP contribution in [-0.2, 0) is 11.2 Å².